The minimum atomic E-state index is -2.88. The zero-order valence-corrected chi connectivity index (χ0v) is 15.7. The number of hydrogen-bond acceptors (Lipinski definition) is 7. The van der Waals surface area contributed by atoms with E-state index in [9.17, 15) is 14.0 Å². The lowest BCUT2D eigenvalue weighted by Gasteiger charge is -2.16. The average molecular weight is 400 g/mol. The normalized spacial score (nSPS) is 11.9. The molecule has 0 unspecified atom stereocenters. The number of aromatic nitrogens is 4. The molecule has 10 heteroatoms. The molecule has 150 valence electrons. The number of alkyl halides is 2. The van der Waals surface area contributed by atoms with E-state index in [0.717, 1.165) is 5.82 Å². The first-order valence-corrected chi connectivity index (χ1v) is 8.66. The lowest BCUT2D eigenvalue weighted by atomic mass is 10.1. The highest BCUT2D eigenvalue weighted by molar-refractivity contribution is 5.66. The molecule has 0 aliphatic heterocycles. The van der Waals surface area contributed by atoms with Crippen LogP contribution in [0.15, 0.2) is 36.8 Å². The van der Waals surface area contributed by atoms with Crippen LogP contribution < -0.4 is 10.1 Å². The van der Waals surface area contributed by atoms with Crippen LogP contribution in [0.3, 0.4) is 0 Å². The Kier molecular flexibility index (Phi) is 6.31. The third-order valence-electron chi connectivity index (χ3n) is 3.82. The highest BCUT2D eigenvalue weighted by Gasteiger charge is 2.13. The molecule has 1 aromatic carbocycles. The number of aryl methyl sites for hydroxylation is 1. The first kappa shape index (κ1) is 20.2. The molecule has 0 saturated heterocycles. The topological polar surface area (TPSA) is 109 Å². The van der Waals surface area contributed by atoms with Crippen LogP contribution in [0, 0.1) is 18.3 Å². The number of anilines is 2. The summed E-state index contributed by atoms with van der Waals surface area (Å²) in [7, 11) is 0. The van der Waals surface area contributed by atoms with Gasteiger partial charge in [-0.2, -0.15) is 14.0 Å². The standard InChI is InChI=1S/C19H18F2N6O2/c1-11(10-28-18(20)21)29-16-5-13(3-4-14(16)6-22)15-7-24-19(25-8-15)27-17-9-23-12(2)26-17/h3-5,7-9,11,18H,10H2,1-2H3,(H,23,26)(H,24,25,27)/t11-/m0/s1. The number of nitrogens with zero attached hydrogens (tertiary/aromatic N) is 4. The van der Waals surface area contributed by atoms with Crippen LogP contribution in [-0.4, -0.2) is 39.3 Å². The number of ether oxygens (including phenoxy) is 2. The molecule has 3 aromatic rings. The van der Waals surface area contributed by atoms with E-state index >= 15 is 0 Å². The summed E-state index contributed by atoms with van der Waals surface area (Å²) in [6.07, 6.45) is 4.21. The van der Waals surface area contributed by atoms with Crippen LogP contribution in [0.2, 0.25) is 0 Å². The predicted octanol–water partition coefficient (Wildman–Crippen LogP) is 3.80. The molecular weight excluding hydrogens is 382 g/mol. The van der Waals surface area contributed by atoms with Gasteiger partial charge < -0.3 is 19.8 Å². The van der Waals surface area contributed by atoms with Crippen molar-refractivity contribution >= 4 is 11.8 Å². The van der Waals surface area contributed by atoms with E-state index in [4.69, 9.17) is 4.74 Å². The molecule has 2 N–H and O–H groups in total. The van der Waals surface area contributed by atoms with Crippen LogP contribution in [0.1, 0.15) is 18.3 Å². The van der Waals surface area contributed by atoms with Crippen LogP contribution in [0.4, 0.5) is 20.5 Å². The van der Waals surface area contributed by atoms with Gasteiger partial charge in [-0.1, -0.05) is 6.07 Å². The Bertz CT molecular complexity index is 1000. The van der Waals surface area contributed by atoms with Gasteiger partial charge >= 0.3 is 6.61 Å². The second kappa shape index (κ2) is 9.07. The molecule has 0 saturated carbocycles. The lowest BCUT2D eigenvalue weighted by molar-refractivity contribution is -0.142. The third kappa shape index (κ3) is 5.46. The van der Waals surface area contributed by atoms with Gasteiger partial charge in [-0.05, 0) is 31.5 Å². The van der Waals surface area contributed by atoms with E-state index in [1.165, 1.54) is 0 Å². The molecule has 8 nitrogen and oxygen atoms in total. The van der Waals surface area contributed by atoms with Crippen molar-refractivity contribution in [2.24, 2.45) is 0 Å². The van der Waals surface area contributed by atoms with Crippen LogP contribution >= 0.6 is 0 Å². The zero-order chi connectivity index (χ0) is 20.8. The van der Waals surface area contributed by atoms with E-state index < -0.39 is 12.7 Å². The summed E-state index contributed by atoms with van der Waals surface area (Å²) < 4.78 is 34.2. The summed E-state index contributed by atoms with van der Waals surface area (Å²) in [5.74, 6) is 2.09. The quantitative estimate of drug-likeness (QED) is 0.592. The smallest absolute Gasteiger partial charge is 0.345 e. The lowest BCUT2D eigenvalue weighted by Crippen LogP contribution is -2.21. The van der Waals surface area contributed by atoms with Gasteiger partial charge in [0.05, 0.1) is 18.4 Å². The average Bonchev–Trinajstić information content (AvgIpc) is 3.11. The van der Waals surface area contributed by atoms with E-state index in [1.54, 1.807) is 43.7 Å². The molecular formula is C19H18F2N6O2. The first-order valence-electron chi connectivity index (χ1n) is 8.66. The van der Waals surface area contributed by atoms with E-state index in [2.05, 4.69) is 30.0 Å². The molecule has 0 spiro atoms. The Hall–Kier alpha value is -3.58. The minimum absolute atomic E-state index is 0.269. The number of benzene rings is 1. The maximum atomic E-state index is 12.2. The Morgan fingerprint density at radius 2 is 1.93 bits per heavy atom. The third-order valence-corrected chi connectivity index (χ3v) is 3.82. The fraction of sp³-hybridized carbons (Fsp3) is 0.263. The van der Waals surface area contributed by atoms with E-state index in [1.807, 2.05) is 13.0 Å². The van der Waals surface area contributed by atoms with Crippen molar-refractivity contribution in [1.82, 2.24) is 19.9 Å². The van der Waals surface area contributed by atoms with Crippen LogP contribution in [-0.2, 0) is 4.74 Å². The Morgan fingerprint density at radius 1 is 1.17 bits per heavy atom. The number of nitrogens with one attached hydrogen (secondary N) is 2. The van der Waals surface area contributed by atoms with Gasteiger partial charge in [0, 0.05) is 18.0 Å². The van der Waals surface area contributed by atoms with Crippen molar-refractivity contribution in [3.63, 3.8) is 0 Å². The number of H-pyrrole nitrogens is 1. The molecule has 0 aliphatic carbocycles. The summed E-state index contributed by atoms with van der Waals surface area (Å²) in [6.45, 7) is 0.234. The van der Waals surface area contributed by atoms with E-state index in [-0.39, 0.29) is 17.9 Å². The van der Waals surface area contributed by atoms with Gasteiger partial charge in [-0.25, -0.2) is 15.0 Å². The highest BCUT2D eigenvalue weighted by atomic mass is 19.3. The Balaban J connectivity index is 1.75. The number of imidazole rings is 1. The Morgan fingerprint density at radius 3 is 2.55 bits per heavy atom. The molecule has 0 fully saturated rings. The molecule has 2 heterocycles. The molecule has 0 radical (unpaired) electrons. The van der Waals surface area contributed by atoms with E-state index in [0.29, 0.717) is 22.9 Å². The van der Waals surface area contributed by atoms with Gasteiger partial charge in [0.2, 0.25) is 5.95 Å². The fourth-order valence-electron chi connectivity index (χ4n) is 2.50. The van der Waals surface area contributed by atoms with Crippen molar-refractivity contribution in [3.05, 3.63) is 48.2 Å². The van der Waals surface area contributed by atoms with Gasteiger partial charge in [0.1, 0.15) is 29.6 Å². The summed E-state index contributed by atoms with van der Waals surface area (Å²) in [6, 6.07) is 6.98. The minimum Gasteiger partial charge on any atom is -0.487 e. The van der Waals surface area contributed by atoms with Gasteiger partial charge in [0.25, 0.3) is 0 Å². The molecule has 3 rings (SSSR count). The second-order valence-electron chi connectivity index (χ2n) is 6.15. The monoisotopic (exact) mass is 400 g/mol. The fourth-order valence-corrected chi connectivity index (χ4v) is 2.50. The van der Waals surface area contributed by atoms with Crippen molar-refractivity contribution in [1.29, 1.82) is 5.26 Å². The summed E-state index contributed by atoms with van der Waals surface area (Å²) >= 11 is 0. The maximum Gasteiger partial charge on any atom is 0.345 e. The molecule has 0 aliphatic rings. The van der Waals surface area contributed by atoms with Crippen molar-refractivity contribution in [3.8, 4) is 22.9 Å². The number of aromatic amines is 1. The molecule has 2 aromatic heterocycles. The van der Waals surface area contributed by atoms with Crippen molar-refractivity contribution in [2.45, 2.75) is 26.6 Å². The zero-order valence-electron chi connectivity index (χ0n) is 15.7. The summed E-state index contributed by atoms with van der Waals surface area (Å²) in [5.41, 5.74) is 1.69. The molecule has 29 heavy (non-hydrogen) atoms. The molecule has 1 atom stereocenters. The molecule has 0 bridgehead atoms. The van der Waals surface area contributed by atoms with Crippen LogP contribution in [0.25, 0.3) is 11.1 Å². The number of nitriles is 1. The number of halogens is 2. The number of rotatable bonds is 8. The Labute approximate surface area is 165 Å². The van der Waals surface area contributed by atoms with Crippen LogP contribution in [0.5, 0.6) is 5.75 Å². The van der Waals surface area contributed by atoms with Gasteiger partial charge in [-0.15, -0.1) is 0 Å². The summed E-state index contributed by atoms with van der Waals surface area (Å²) in [5, 5.41) is 12.3. The predicted molar refractivity (Wildman–Crippen MR) is 101 cm³/mol. The van der Waals surface area contributed by atoms with Crippen molar-refractivity contribution in [2.75, 3.05) is 11.9 Å². The SMILES string of the molecule is Cc1ncc(Nc2ncc(-c3ccc(C#N)c(O[C@@H](C)COC(F)F)c3)cn2)[nH]1. The number of hydrogen-bond donors (Lipinski definition) is 2. The maximum absolute atomic E-state index is 12.2. The highest BCUT2D eigenvalue weighted by Crippen LogP contribution is 2.27. The van der Waals surface area contributed by atoms with Gasteiger partial charge in [-0.3, -0.25) is 0 Å². The second-order valence-corrected chi connectivity index (χ2v) is 6.15. The summed E-state index contributed by atoms with van der Waals surface area (Å²) in [4.78, 5) is 15.6. The van der Waals surface area contributed by atoms with Gasteiger partial charge in [0.15, 0.2) is 0 Å². The largest absolute Gasteiger partial charge is 0.487 e. The molecule has 0 amide bonds. The van der Waals surface area contributed by atoms with Crippen molar-refractivity contribution < 1.29 is 18.3 Å². The first-order chi connectivity index (χ1) is 13.9.